The van der Waals surface area contributed by atoms with Crippen molar-refractivity contribution in [1.29, 1.82) is 0 Å². The van der Waals surface area contributed by atoms with E-state index in [0.29, 0.717) is 21.3 Å². The maximum Gasteiger partial charge on any atom is 0.294 e. The number of nitro groups is 1. The first-order chi connectivity index (χ1) is 16.3. The van der Waals surface area contributed by atoms with Crippen LogP contribution in [0.5, 0.6) is 0 Å². The fourth-order valence-corrected chi connectivity index (χ4v) is 3.52. The number of rotatable bonds is 6. The van der Waals surface area contributed by atoms with Gasteiger partial charge in [-0.15, -0.1) is 5.10 Å². The van der Waals surface area contributed by atoms with Crippen LogP contribution in [0.15, 0.2) is 52.2 Å². The molecule has 1 amide bonds. The van der Waals surface area contributed by atoms with Gasteiger partial charge in [0.1, 0.15) is 5.69 Å². The van der Waals surface area contributed by atoms with E-state index in [0.717, 1.165) is 4.68 Å². The van der Waals surface area contributed by atoms with Crippen molar-refractivity contribution in [3.8, 4) is 17.1 Å². The predicted octanol–water partition coefficient (Wildman–Crippen LogP) is 3.27. The normalized spacial score (nSPS) is 11.4. The number of amides is 1. The summed E-state index contributed by atoms with van der Waals surface area (Å²) < 4.78 is 5.69. The molecular formula is C19H13Cl2N9O4. The molecule has 0 aliphatic rings. The lowest BCUT2D eigenvalue weighted by atomic mass is 10.1. The lowest BCUT2D eigenvalue weighted by Crippen LogP contribution is -2.21. The molecule has 4 rings (SSSR count). The highest BCUT2D eigenvalue weighted by Crippen LogP contribution is 2.29. The number of nitro benzene ring substituents is 1. The van der Waals surface area contributed by atoms with E-state index in [2.05, 4.69) is 35.8 Å². The van der Waals surface area contributed by atoms with Crippen molar-refractivity contribution < 1.29 is 14.3 Å². The number of carbonyl (C=O) groups excluding carboxylic acids is 1. The Labute approximate surface area is 200 Å². The Morgan fingerprint density at radius 1 is 1.24 bits per heavy atom. The number of hydrogen-bond acceptors (Lipinski definition) is 10. The van der Waals surface area contributed by atoms with E-state index in [-0.39, 0.29) is 34.3 Å². The van der Waals surface area contributed by atoms with Gasteiger partial charge in [-0.25, -0.2) is 10.1 Å². The van der Waals surface area contributed by atoms with Crippen LogP contribution in [0.4, 0.5) is 11.5 Å². The van der Waals surface area contributed by atoms with Gasteiger partial charge in [0, 0.05) is 28.3 Å². The van der Waals surface area contributed by atoms with E-state index in [9.17, 15) is 14.9 Å². The highest BCUT2D eigenvalue weighted by Gasteiger charge is 2.26. The number of nitrogen functional groups attached to an aromatic ring is 1. The minimum absolute atomic E-state index is 0.0549. The summed E-state index contributed by atoms with van der Waals surface area (Å²) in [4.78, 5) is 23.7. The van der Waals surface area contributed by atoms with E-state index < -0.39 is 10.8 Å². The number of aromatic nitrogens is 5. The lowest BCUT2D eigenvalue weighted by Gasteiger charge is -2.07. The van der Waals surface area contributed by atoms with E-state index in [1.807, 2.05) is 0 Å². The molecule has 0 aliphatic heterocycles. The summed E-state index contributed by atoms with van der Waals surface area (Å²) in [7, 11) is 0. The maximum atomic E-state index is 13.0. The Hall–Kier alpha value is -4.36. The van der Waals surface area contributed by atoms with Crippen molar-refractivity contribution in [3.63, 3.8) is 0 Å². The number of nitrogens with two attached hydrogens (primary N) is 1. The number of halogens is 2. The van der Waals surface area contributed by atoms with Gasteiger partial charge in [0.2, 0.25) is 11.6 Å². The number of hydrazone groups is 1. The molecule has 0 unspecified atom stereocenters. The molecule has 3 N–H and O–H groups in total. The topological polar surface area (TPSA) is 180 Å². The van der Waals surface area contributed by atoms with Crippen molar-refractivity contribution >= 4 is 46.3 Å². The van der Waals surface area contributed by atoms with Crippen LogP contribution in [-0.4, -0.2) is 41.8 Å². The molecule has 15 heteroatoms. The van der Waals surface area contributed by atoms with Gasteiger partial charge >= 0.3 is 0 Å². The Morgan fingerprint density at radius 3 is 2.71 bits per heavy atom. The first-order valence-electron chi connectivity index (χ1n) is 9.35. The lowest BCUT2D eigenvalue weighted by molar-refractivity contribution is -0.384. The standard InChI is InChI=1S/C19H13Cl2N9O4/c1-9(13-6-5-11(20)8-14(13)21)23-25-19(31)15-16(10-3-2-4-12(7-10)30(32)33)29(28-24-15)18-17(22)26-34-27-18/h2-8H,1H3,(H2,22,26)(H,25,31)/b23-9+. The van der Waals surface area contributed by atoms with Crippen molar-refractivity contribution in [1.82, 2.24) is 30.7 Å². The monoisotopic (exact) mass is 501 g/mol. The van der Waals surface area contributed by atoms with Gasteiger partial charge in [-0.1, -0.05) is 46.6 Å². The molecule has 0 aliphatic carbocycles. The van der Waals surface area contributed by atoms with Gasteiger partial charge in [-0.05, 0) is 29.4 Å². The Morgan fingerprint density at radius 2 is 2.03 bits per heavy atom. The highest BCUT2D eigenvalue weighted by molar-refractivity contribution is 6.37. The number of non-ortho nitro benzene ring substituents is 1. The molecule has 172 valence electrons. The molecule has 0 spiro atoms. The van der Waals surface area contributed by atoms with E-state index >= 15 is 0 Å². The first-order valence-corrected chi connectivity index (χ1v) is 10.1. The van der Waals surface area contributed by atoms with Crippen LogP contribution in [0.25, 0.3) is 17.1 Å². The third-order valence-corrected chi connectivity index (χ3v) is 5.11. The average Bonchev–Trinajstić information content (AvgIpc) is 3.43. The van der Waals surface area contributed by atoms with Gasteiger partial charge in [0.25, 0.3) is 11.6 Å². The molecule has 0 radical (unpaired) electrons. The molecule has 13 nitrogen and oxygen atoms in total. The summed E-state index contributed by atoms with van der Waals surface area (Å²) in [5, 5.41) is 31.1. The number of benzene rings is 2. The molecule has 0 saturated heterocycles. The summed E-state index contributed by atoms with van der Waals surface area (Å²) in [6.07, 6.45) is 0. The third kappa shape index (κ3) is 4.42. The average molecular weight is 502 g/mol. The molecule has 0 fully saturated rings. The minimum Gasteiger partial charge on any atom is -0.378 e. The molecule has 2 aromatic heterocycles. The first kappa shape index (κ1) is 22.8. The van der Waals surface area contributed by atoms with E-state index in [1.54, 1.807) is 25.1 Å². The highest BCUT2D eigenvalue weighted by atomic mass is 35.5. The molecular weight excluding hydrogens is 489 g/mol. The van der Waals surface area contributed by atoms with Crippen LogP contribution in [0.1, 0.15) is 23.0 Å². The molecule has 34 heavy (non-hydrogen) atoms. The van der Waals surface area contributed by atoms with Gasteiger partial charge in [0.05, 0.1) is 15.7 Å². The van der Waals surface area contributed by atoms with Gasteiger partial charge in [0.15, 0.2) is 5.69 Å². The van der Waals surface area contributed by atoms with Gasteiger partial charge < -0.3 is 5.73 Å². The van der Waals surface area contributed by atoms with Gasteiger partial charge in [-0.3, -0.25) is 14.9 Å². The SMILES string of the molecule is C/C(=N\NC(=O)c1nnn(-c2nonc2N)c1-c1cccc([N+](=O)[O-])c1)c1ccc(Cl)cc1Cl. The summed E-state index contributed by atoms with van der Waals surface area (Å²) in [5.74, 6) is -0.942. The minimum atomic E-state index is -0.757. The summed E-state index contributed by atoms with van der Waals surface area (Å²) in [5.41, 5.74) is 8.96. The second kappa shape index (κ2) is 9.25. The van der Waals surface area contributed by atoms with Crippen molar-refractivity contribution in [3.05, 3.63) is 73.9 Å². The van der Waals surface area contributed by atoms with Crippen LogP contribution in [0, 0.1) is 10.1 Å². The zero-order valence-corrected chi connectivity index (χ0v) is 18.7. The maximum absolute atomic E-state index is 13.0. The Bertz CT molecular complexity index is 1450. The van der Waals surface area contributed by atoms with Gasteiger partial charge in [-0.2, -0.15) is 9.78 Å². The molecule has 4 aromatic rings. The van der Waals surface area contributed by atoms with Crippen LogP contribution < -0.4 is 11.2 Å². The summed E-state index contributed by atoms with van der Waals surface area (Å²) in [6.45, 7) is 1.63. The molecule has 2 heterocycles. The smallest absolute Gasteiger partial charge is 0.294 e. The number of nitrogens with zero attached hydrogens (tertiary/aromatic N) is 7. The fraction of sp³-hybridized carbons (Fsp3) is 0.0526. The number of hydrogen-bond donors (Lipinski definition) is 2. The Balaban J connectivity index is 1.75. The number of anilines is 1. The molecule has 0 saturated carbocycles. The Kier molecular flexibility index (Phi) is 6.21. The summed E-state index contributed by atoms with van der Waals surface area (Å²) in [6, 6.07) is 10.4. The molecule has 0 atom stereocenters. The van der Waals surface area contributed by atoms with Crippen molar-refractivity contribution in [2.45, 2.75) is 6.92 Å². The predicted molar refractivity (Wildman–Crippen MR) is 122 cm³/mol. The van der Waals surface area contributed by atoms with E-state index in [4.69, 9.17) is 28.9 Å². The second-order valence-corrected chi connectivity index (χ2v) is 7.58. The van der Waals surface area contributed by atoms with Crippen LogP contribution >= 0.6 is 23.2 Å². The van der Waals surface area contributed by atoms with Crippen LogP contribution in [-0.2, 0) is 0 Å². The van der Waals surface area contributed by atoms with Crippen LogP contribution in [0.3, 0.4) is 0 Å². The largest absolute Gasteiger partial charge is 0.378 e. The molecule has 0 bridgehead atoms. The van der Waals surface area contributed by atoms with Crippen molar-refractivity contribution in [2.24, 2.45) is 5.10 Å². The number of carbonyl (C=O) groups is 1. The fourth-order valence-electron chi connectivity index (χ4n) is 2.98. The van der Waals surface area contributed by atoms with Crippen molar-refractivity contribution in [2.75, 3.05) is 5.73 Å². The summed E-state index contributed by atoms with van der Waals surface area (Å²) >= 11 is 12.1. The quantitative estimate of drug-likeness (QED) is 0.227. The third-order valence-electron chi connectivity index (χ3n) is 4.56. The molecule has 2 aromatic carbocycles. The zero-order chi connectivity index (χ0) is 24.4. The second-order valence-electron chi connectivity index (χ2n) is 6.74. The van der Waals surface area contributed by atoms with Crippen LogP contribution in [0.2, 0.25) is 10.0 Å². The van der Waals surface area contributed by atoms with E-state index in [1.165, 1.54) is 24.3 Å². The number of nitrogens with one attached hydrogen (secondary N) is 1. The zero-order valence-electron chi connectivity index (χ0n) is 17.1.